The number of nitrogens with two attached hydrogens (primary N) is 1. The summed E-state index contributed by atoms with van der Waals surface area (Å²) < 4.78 is 0. The Balaban J connectivity index is 1.81. The molecule has 4 rings (SSSR count). The molecule has 0 saturated carbocycles. The molecule has 0 saturated heterocycles. The number of hydrogen-bond donors (Lipinski definition) is 4. The van der Waals surface area contributed by atoms with Gasteiger partial charge in [-0.3, -0.25) is 9.78 Å². The van der Waals surface area contributed by atoms with Gasteiger partial charge in [-0.25, -0.2) is 9.97 Å². The molecule has 8 nitrogen and oxygen atoms in total. The van der Waals surface area contributed by atoms with Crippen molar-refractivity contribution < 1.29 is 9.90 Å². The number of amides is 1. The Hall–Kier alpha value is -3.78. The molecule has 1 amide bonds. The van der Waals surface area contributed by atoms with E-state index in [4.69, 9.17) is 5.73 Å². The largest absolute Gasteiger partial charge is 0.508 e. The average molecular weight is 360 g/mol. The van der Waals surface area contributed by atoms with E-state index >= 15 is 0 Å². The van der Waals surface area contributed by atoms with E-state index in [2.05, 4.69) is 25.3 Å². The topological polar surface area (TPSA) is 130 Å². The van der Waals surface area contributed by atoms with Crippen molar-refractivity contribution in [2.45, 2.75) is 6.54 Å². The maximum Gasteiger partial charge on any atom is 0.211 e. The standard InChI is InChI=1S/C19H16N6O2/c20-8-16-18(23-17(9-21-16)11-1-4-13(27)5-2-11)19-24-14-6-3-12(22-10-26)7-15(14)25-19/h1-7,9-10,27H,8,20H2,(H,22,26)(H,24,25). The zero-order chi connectivity index (χ0) is 18.8. The Labute approximate surface area is 154 Å². The van der Waals surface area contributed by atoms with E-state index in [1.54, 1.807) is 48.7 Å². The maximum absolute atomic E-state index is 10.6. The Kier molecular flexibility index (Phi) is 4.23. The molecule has 0 aliphatic carbocycles. The summed E-state index contributed by atoms with van der Waals surface area (Å²) in [5.41, 5.74) is 10.6. The number of phenolic OH excluding ortho intramolecular Hbond substituents is 1. The van der Waals surface area contributed by atoms with Crippen LogP contribution in [0.1, 0.15) is 5.69 Å². The minimum absolute atomic E-state index is 0.183. The summed E-state index contributed by atoms with van der Waals surface area (Å²) in [7, 11) is 0. The van der Waals surface area contributed by atoms with Crippen LogP contribution in [0.4, 0.5) is 5.69 Å². The zero-order valence-electron chi connectivity index (χ0n) is 14.2. The molecule has 5 N–H and O–H groups in total. The number of anilines is 1. The summed E-state index contributed by atoms with van der Waals surface area (Å²) in [6.45, 7) is 0.215. The normalized spacial score (nSPS) is 10.9. The lowest BCUT2D eigenvalue weighted by molar-refractivity contribution is -0.105. The van der Waals surface area contributed by atoms with Crippen LogP contribution in [0.3, 0.4) is 0 Å². The molecule has 134 valence electrons. The summed E-state index contributed by atoms with van der Waals surface area (Å²) in [5.74, 6) is 0.726. The predicted molar refractivity (Wildman–Crippen MR) is 102 cm³/mol. The molecule has 0 aliphatic heterocycles. The number of imidazole rings is 1. The monoisotopic (exact) mass is 360 g/mol. The number of phenols is 1. The van der Waals surface area contributed by atoms with Crippen molar-refractivity contribution in [1.82, 2.24) is 19.9 Å². The van der Waals surface area contributed by atoms with E-state index in [1.807, 2.05) is 0 Å². The van der Waals surface area contributed by atoms with Crippen LogP contribution in [0.5, 0.6) is 5.75 Å². The van der Waals surface area contributed by atoms with Gasteiger partial charge in [0, 0.05) is 17.8 Å². The molecular weight excluding hydrogens is 344 g/mol. The van der Waals surface area contributed by atoms with Crippen molar-refractivity contribution in [3.63, 3.8) is 0 Å². The molecule has 2 heterocycles. The van der Waals surface area contributed by atoms with Crippen molar-refractivity contribution in [2.24, 2.45) is 5.73 Å². The number of aromatic hydroxyl groups is 1. The van der Waals surface area contributed by atoms with Crippen LogP contribution in [-0.2, 0) is 11.3 Å². The molecule has 0 atom stereocenters. The summed E-state index contributed by atoms with van der Waals surface area (Å²) in [5, 5.41) is 12.1. The van der Waals surface area contributed by atoms with Crippen molar-refractivity contribution in [1.29, 1.82) is 0 Å². The molecule has 0 fully saturated rings. The minimum atomic E-state index is 0.183. The average Bonchev–Trinajstić information content (AvgIpc) is 3.11. The third-order valence-electron chi connectivity index (χ3n) is 4.14. The van der Waals surface area contributed by atoms with E-state index in [0.29, 0.717) is 35.0 Å². The molecule has 2 aromatic carbocycles. The SMILES string of the molecule is NCc1ncc(-c2ccc(O)cc2)nc1-c1nc2ccc(NC=O)cc2[nH]1. The quantitative estimate of drug-likeness (QED) is 0.404. The van der Waals surface area contributed by atoms with E-state index in [0.717, 1.165) is 16.6 Å². The van der Waals surface area contributed by atoms with Gasteiger partial charge in [0.1, 0.15) is 11.4 Å². The minimum Gasteiger partial charge on any atom is -0.508 e. The van der Waals surface area contributed by atoms with Crippen LogP contribution in [0.2, 0.25) is 0 Å². The lowest BCUT2D eigenvalue weighted by Crippen LogP contribution is -2.05. The molecule has 4 aromatic rings. The van der Waals surface area contributed by atoms with Gasteiger partial charge in [0.05, 0.1) is 28.6 Å². The number of hydrogen-bond acceptors (Lipinski definition) is 6. The molecule has 0 bridgehead atoms. The first-order valence-corrected chi connectivity index (χ1v) is 8.23. The smallest absolute Gasteiger partial charge is 0.211 e. The highest BCUT2D eigenvalue weighted by Crippen LogP contribution is 2.26. The summed E-state index contributed by atoms with van der Waals surface area (Å²) in [4.78, 5) is 27.5. The van der Waals surface area contributed by atoms with Gasteiger partial charge in [-0.15, -0.1) is 0 Å². The number of aromatic nitrogens is 4. The van der Waals surface area contributed by atoms with Crippen LogP contribution < -0.4 is 11.1 Å². The van der Waals surface area contributed by atoms with Gasteiger partial charge in [-0.2, -0.15) is 0 Å². The maximum atomic E-state index is 10.6. The van der Waals surface area contributed by atoms with Gasteiger partial charge in [0.15, 0.2) is 5.82 Å². The van der Waals surface area contributed by atoms with E-state index < -0.39 is 0 Å². The molecular formula is C19H16N6O2. The van der Waals surface area contributed by atoms with Crippen molar-refractivity contribution in [3.05, 3.63) is 54.4 Å². The Morgan fingerprint density at radius 2 is 1.96 bits per heavy atom. The fourth-order valence-corrected chi connectivity index (χ4v) is 2.80. The van der Waals surface area contributed by atoms with E-state index in [9.17, 15) is 9.90 Å². The number of H-pyrrole nitrogens is 1. The second-order valence-corrected chi connectivity index (χ2v) is 5.88. The first kappa shape index (κ1) is 16.7. The van der Waals surface area contributed by atoms with Crippen molar-refractivity contribution in [3.8, 4) is 28.5 Å². The Morgan fingerprint density at radius 1 is 1.15 bits per heavy atom. The van der Waals surface area contributed by atoms with Crippen LogP contribution in [0.25, 0.3) is 33.8 Å². The molecule has 0 radical (unpaired) electrons. The number of benzene rings is 2. The Morgan fingerprint density at radius 3 is 2.70 bits per heavy atom. The number of nitrogens with zero attached hydrogens (tertiary/aromatic N) is 3. The number of fused-ring (bicyclic) bond motifs is 1. The van der Waals surface area contributed by atoms with Gasteiger partial charge < -0.3 is 21.1 Å². The van der Waals surface area contributed by atoms with Crippen LogP contribution in [0, 0.1) is 0 Å². The fourth-order valence-electron chi connectivity index (χ4n) is 2.80. The second kappa shape index (κ2) is 6.85. The number of carbonyl (C=O) groups is 1. The van der Waals surface area contributed by atoms with Crippen molar-refractivity contribution in [2.75, 3.05) is 5.32 Å². The lowest BCUT2D eigenvalue weighted by atomic mass is 10.1. The highest BCUT2D eigenvalue weighted by Gasteiger charge is 2.14. The fraction of sp³-hybridized carbons (Fsp3) is 0.0526. The Bertz CT molecular complexity index is 1120. The molecule has 0 spiro atoms. The van der Waals surface area contributed by atoms with Gasteiger partial charge >= 0.3 is 0 Å². The first-order valence-electron chi connectivity index (χ1n) is 8.23. The first-order chi connectivity index (χ1) is 13.2. The molecule has 0 unspecified atom stereocenters. The zero-order valence-corrected chi connectivity index (χ0v) is 14.2. The van der Waals surface area contributed by atoms with Gasteiger partial charge in [0.2, 0.25) is 6.41 Å². The highest BCUT2D eigenvalue weighted by atomic mass is 16.3. The van der Waals surface area contributed by atoms with E-state index in [1.165, 1.54) is 0 Å². The number of aromatic amines is 1. The van der Waals surface area contributed by atoms with Gasteiger partial charge in [-0.1, -0.05) is 0 Å². The predicted octanol–water partition coefficient (Wildman–Crippen LogP) is 2.42. The van der Waals surface area contributed by atoms with Crippen LogP contribution in [-0.4, -0.2) is 31.5 Å². The third-order valence-corrected chi connectivity index (χ3v) is 4.14. The van der Waals surface area contributed by atoms with Crippen LogP contribution >= 0.6 is 0 Å². The lowest BCUT2D eigenvalue weighted by Gasteiger charge is -2.07. The third kappa shape index (κ3) is 3.21. The molecule has 2 aromatic heterocycles. The summed E-state index contributed by atoms with van der Waals surface area (Å²) in [6.07, 6.45) is 2.27. The number of carbonyl (C=O) groups excluding carboxylic acids is 1. The highest BCUT2D eigenvalue weighted by molar-refractivity contribution is 5.85. The summed E-state index contributed by atoms with van der Waals surface area (Å²) in [6, 6.07) is 12.1. The molecule has 8 heteroatoms. The van der Waals surface area contributed by atoms with Gasteiger partial charge in [-0.05, 0) is 42.5 Å². The summed E-state index contributed by atoms with van der Waals surface area (Å²) >= 11 is 0. The molecule has 0 aliphatic rings. The van der Waals surface area contributed by atoms with E-state index in [-0.39, 0.29) is 12.3 Å². The number of nitrogens with one attached hydrogen (secondary N) is 2. The van der Waals surface area contributed by atoms with Gasteiger partial charge in [0.25, 0.3) is 0 Å². The molecule has 27 heavy (non-hydrogen) atoms. The van der Waals surface area contributed by atoms with Crippen LogP contribution in [0.15, 0.2) is 48.7 Å². The number of rotatable bonds is 5. The second-order valence-electron chi connectivity index (χ2n) is 5.88. The van der Waals surface area contributed by atoms with Crippen molar-refractivity contribution >= 4 is 23.1 Å².